The lowest BCUT2D eigenvalue weighted by Gasteiger charge is -2.08. The third-order valence-corrected chi connectivity index (χ3v) is 5.52. The van der Waals surface area contributed by atoms with E-state index >= 15 is 0 Å². The highest BCUT2D eigenvalue weighted by Gasteiger charge is 2.13. The van der Waals surface area contributed by atoms with Crippen LogP contribution in [-0.2, 0) is 19.6 Å². The van der Waals surface area contributed by atoms with Gasteiger partial charge in [-0.3, -0.25) is 0 Å². The van der Waals surface area contributed by atoms with Crippen molar-refractivity contribution in [2.75, 3.05) is 7.11 Å². The van der Waals surface area contributed by atoms with Gasteiger partial charge in [0, 0.05) is 18.7 Å². The molecule has 0 saturated carbocycles. The third-order valence-electron chi connectivity index (χ3n) is 5.10. The zero-order valence-electron chi connectivity index (χ0n) is 16.7. The number of hydrogen-bond acceptors (Lipinski definition) is 3. The molecule has 0 saturated heterocycles. The number of halogens is 1. The number of ether oxygens (including phenoxy) is 1. The summed E-state index contributed by atoms with van der Waals surface area (Å²) < 4.78 is 7.16. The lowest BCUT2D eigenvalue weighted by molar-refractivity contribution is 0.415. The zero-order chi connectivity index (χ0) is 20.2. The van der Waals surface area contributed by atoms with Crippen LogP contribution in [0.3, 0.4) is 0 Å². The molecule has 4 aromatic rings. The fourth-order valence-corrected chi connectivity index (χ4v) is 3.80. The number of methoxy groups -OCH3 is 1. The predicted molar refractivity (Wildman–Crippen MR) is 119 cm³/mol. The van der Waals surface area contributed by atoms with Gasteiger partial charge in [0.1, 0.15) is 10.9 Å². The lowest BCUT2D eigenvalue weighted by Crippen LogP contribution is -2.13. The molecule has 0 radical (unpaired) electrons. The Morgan fingerprint density at radius 1 is 0.931 bits per heavy atom. The quantitative estimate of drug-likeness (QED) is 0.450. The molecular formula is C24H24ClN3O. The van der Waals surface area contributed by atoms with Crippen LogP contribution in [0.4, 0.5) is 0 Å². The summed E-state index contributed by atoms with van der Waals surface area (Å²) in [7, 11) is 1.69. The zero-order valence-corrected chi connectivity index (χ0v) is 17.4. The van der Waals surface area contributed by atoms with Crippen molar-refractivity contribution < 1.29 is 4.74 Å². The van der Waals surface area contributed by atoms with Crippen LogP contribution in [-0.4, -0.2) is 16.9 Å². The molecule has 0 aliphatic heterocycles. The fraction of sp³-hybridized carbons (Fsp3) is 0.208. The van der Waals surface area contributed by atoms with Crippen molar-refractivity contribution in [3.05, 3.63) is 94.3 Å². The van der Waals surface area contributed by atoms with Crippen molar-refractivity contribution in [2.45, 2.75) is 26.6 Å². The summed E-state index contributed by atoms with van der Waals surface area (Å²) in [6.45, 7) is 4.13. The van der Waals surface area contributed by atoms with E-state index < -0.39 is 0 Å². The molecule has 3 aromatic carbocycles. The Labute approximate surface area is 176 Å². The van der Waals surface area contributed by atoms with Crippen molar-refractivity contribution in [1.29, 1.82) is 0 Å². The molecule has 0 unspecified atom stereocenters. The minimum absolute atomic E-state index is 0.675. The summed E-state index contributed by atoms with van der Waals surface area (Å²) in [6.07, 6.45) is 0. The average Bonchev–Trinajstić information content (AvgIpc) is 3.01. The number of nitrogens with one attached hydrogen (secondary N) is 1. The van der Waals surface area contributed by atoms with Gasteiger partial charge in [-0.2, -0.15) is 5.10 Å². The highest BCUT2D eigenvalue weighted by molar-refractivity contribution is 6.30. The molecule has 0 aliphatic carbocycles. The molecule has 0 spiro atoms. The van der Waals surface area contributed by atoms with Gasteiger partial charge in [0.05, 0.1) is 19.3 Å². The van der Waals surface area contributed by atoms with E-state index in [1.165, 1.54) is 21.9 Å². The molecule has 0 fully saturated rings. The van der Waals surface area contributed by atoms with Crippen LogP contribution in [0.1, 0.15) is 22.4 Å². The first kappa shape index (κ1) is 19.5. The van der Waals surface area contributed by atoms with Gasteiger partial charge in [0.15, 0.2) is 0 Å². The summed E-state index contributed by atoms with van der Waals surface area (Å²) in [5.41, 5.74) is 4.43. The van der Waals surface area contributed by atoms with Crippen LogP contribution >= 0.6 is 11.6 Å². The maximum Gasteiger partial charge on any atom is 0.132 e. The smallest absolute Gasteiger partial charge is 0.132 e. The van der Waals surface area contributed by atoms with E-state index in [-0.39, 0.29) is 0 Å². The maximum atomic E-state index is 6.62. The highest BCUT2D eigenvalue weighted by Crippen LogP contribution is 2.23. The van der Waals surface area contributed by atoms with Gasteiger partial charge >= 0.3 is 0 Å². The van der Waals surface area contributed by atoms with Crippen molar-refractivity contribution >= 4 is 22.4 Å². The molecule has 1 heterocycles. The monoisotopic (exact) mass is 405 g/mol. The molecule has 0 aliphatic rings. The van der Waals surface area contributed by atoms with Crippen molar-refractivity contribution in [1.82, 2.24) is 15.1 Å². The van der Waals surface area contributed by atoms with Crippen LogP contribution < -0.4 is 10.1 Å². The van der Waals surface area contributed by atoms with Gasteiger partial charge < -0.3 is 10.1 Å². The molecule has 29 heavy (non-hydrogen) atoms. The van der Waals surface area contributed by atoms with E-state index in [0.29, 0.717) is 18.2 Å². The standard InChI is InChI=1S/C24H24ClN3O/c1-17-23(24(25)28(27-17)16-18-6-4-3-5-7-18)15-26-14-19-8-9-21-13-22(29-2)11-10-20(21)12-19/h3-13,26H,14-16H2,1-2H3. The van der Waals surface area contributed by atoms with Crippen LogP contribution in [0.2, 0.25) is 5.15 Å². The molecule has 4 rings (SSSR count). The molecule has 4 nitrogen and oxygen atoms in total. The fourth-order valence-electron chi connectivity index (χ4n) is 3.49. The van der Waals surface area contributed by atoms with Gasteiger partial charge in [0.2, 0.25) is 0 Å². The van der Waals surface area contributed by atoms with Crippen LogP contribution in [0.5, 0.6) is 5.75 Å². The number of aromatic nitrogens is 2. The van der Waals surface area contributed by atoms with Gasteiger partial charge in [-0.25, -0.2) is 4.68 Å². The van der Waals surface area contributed by atoms with E-state index in [1.807, 2.05) is 35.9 Å². The first-order valence-corrected chi connectivity index (χ1v) is 10.0. The minimum Gasteiger partial charge on any atom is -0.497 e. The minimum atomic E-state index is 0.675. The Bertz CT molecular complexity index is 1120. The van der Waals surface area contributed by atoms with E-state index in [1.54, 1.807) is 7.11 Å². The molecule has 148 valence electrons. The van der Waals surface area contributed by atoms with Gasteiger partial charge in [-0.05, 0) is 47.0 Å². The van der Waals surface area contributed by atoms with Crippen LogP contribution in [0.15, 0.2) is 66.7 Å². The summed E-state index contributed by atoms with van der Waals surface area (Å²) in [6, 6.07) is 22.8. The van der Waals surface area contributed by atoms with E-state index in [2.05, 4.69) is 52.9 Å². The summed E-state index contributed by atoms with van der Waals surface area (Å²) >= 11 is 6.62. The Hall–Kier alpha value is -2.82. The van der Waals surface area contributed by atoms with Crippen molar-refractivity contribution in [2.24, 2.45) is 0 Å². The first-order valence-electron chi connectivity index (χ1n) is 9.67. The Morgan fingerprint density at radius 2 is 1.69 bits per heavy atom. The number of benzene rings is 3. The number of nitrogens with zero attached hydrogens (tertiary/aromatic N) is 2. The highest BCUT2D eigenvalue weighted by atomic mass is 35.5. The number of aryl methyl sites for hydroxylation is 1. The molecule has 0 amide bonds. The second-order valence-corrected chi connectivity index (χ2v) is 7.51. The number of rotatable bonds is 7. The van der Waals surface area contributed by atoms with Gasteiger partial charge in [0.25, 0.3) is 0 Å². The summed E-state index contributed by atoms with van der Waals surface area (Å²) in [5, 5.41) is 11.2. The normalized spacial score (nSPS) is 11.1. The molecule has 1 aromatic heterocycles. The topological polar surface area (TPSA) is 39.1 Å². The first-order chi connectivity index (χ1) is 14.1. The molecule has 5 heteroatoms. The molecule has 1 N–H and O–H groups in total. The SMILES string of the molecule is COc1ccc2cc(CNCc3c(C)nn(Cc4ccccc4)c3Cl)ccc2c1. The third kappa shape index (κ3) is 4.44. The lowest BCUT2D eigenvalue weighted by atomic mass is 10.1. The van der Waals surface area contributed by atoms with E-state index in [9.17, 15) is 0 Å². The van der Waals surface area contributed by atoms with E-state index in [0.717, 1.165) is 23.6 Å². The largest absolute Gasteiger partial charge is 0.497 e. The van der Waals surface area contributed by atoms with Crippen LogP contribution in [0, 0.1) is 6.92 Å². The Balaban J connectivity index is 1.42. The maximum absolute atomic E-state index is 6.62. The predicted octanol–water partition coefficient (Wildman–Crippen LogP) is 5.34. The Morgan fingerprint density at radius 3 is 2.48 bits per heavy atom. The molecule has 0 atom stereocenters. The number of fused-ring (bicyclic) bond motifs is 1. The molecule has 0 bridgehead atoms. The second kappa shape index (κ2) is 8.68. The number of hydrogen-bond donors (Lipinski definition) is 1. The van der Waals surface area contributed by atoms with Gasteiger partial charge in [-0.15, -0.1) is 0 Å². The second-order valence-electron chi connectivity index (χ2n) is 7.15. The van der Waals surface area contributed by atoms with Crippen molar-refractivity contribution in [3.63, 3.8) is 0 Å². The summed E-state index contributed by atoms with van der Waals surface area (Å²) in [5.74, 6) is 0.876. The van der Waals surface area contributed by atoms with Crippen LogP contribution in [0.25, 0.3) is 10.8 Å². The molecular weight excluding hydrogens is 382 g/mol. The summed E-state index contributed by atoms with van der Waals surface area (Å²) in [4.78, 5) is 0. The average molecular weight is 406 g/mol. The van der Waals surface area contributed by atoms with Gasteiger partial charge in [-0.1, -0.05) is 60.1 Å². The Kier molecular flexibility index (Phi) is 5.84. The van der Waals surface area contributed by atoms with E-state index in [4.69, 9.17) is 16.3 Å². The van der Waals surface area contributed by atoms with Crippen molar-refractivity contribution in [3.8, 4) is 5.75 Å².